The van der Waals surface area contributed by atoms with E-state index in [1.807, 2.05) is 4.90 Å². The number of pyridine rings is 1. The van der Waals surface area contributed by atoms with E-state index in [-0.39, 0.29) is 6.10 Å². The monoisotopic (exact) mass is 363 g/mol. The third-order valence-corrected chi connectivity index (χ3v) is 4.54. The van der Waals surface area contributed by atoms with E-state index in [2.05, 4.69) is 9.97 Å². The molecular formula is C14H13ClF3N3OS. The lowest BCUT2D eigenvalue weighted by atomic mass is 10.1. The average Bonchev–Trinajstić information content (AvgIpc) is 3.00. The third-order valence-electron chi connectivity index (χ3n) is 3.42. The van der Waals surface area contributed by atoms with Crippen molar-refractivity contribution < 1.29 is 17.9 Å². The summed E-state index contributed by atoms with van der Waals surface area (Å²) in [5.74, 6) is 0.455. The number of piperidine rings is 1. The van der Waals surface area contributed by atoms with Crippen LogP contribution in [0.2, 0.25) is 5.02 Å². The Hall–Kier alpha value is -1.54. The molecule has 1 unspecified atom stereocenters. The lowest BCUT2D eigenvalue weighted by Crippen LogP contribution is -2.41. The van der Waals surface area contributed by atoms with Gasteiger partial charge in [0.05, 0.1) is 11.6 Å². The number of thiazole rings is 1. The molecule has 9 heteroatoms. The van der Waals surface area contributed by atoms with E-state index in [9.17, 15) is 13.2 Å². The summed E-state index contributed by atoms with van der Waals surface area (Å²) in [5, 5.41) is 1.93. The highest BCUT2D eigenvalue weighted by Gasteiger charge is 2.35. The molecule has 0 aromatic carbocycles. The number of aromatic nitrogens is 2. The Labute approximate surface area is 139 Å². The van der Waals surface area contributed by atoms with Gasteiger partial charge in [-0.3, -0.25) is 0 Å². The van der Waals surface area contributed by atoms with Gasteiger partial charge in [-0.1, -0.05) is 11.6 Å². The van der Waals surface area contributed by atoms with Crippen molar-refractivity contribution in [2.24, 2.45) is 0 Å². The van der Waals surface area contributed by atoms with Crippen LogP contribution in [0.25, 0.3) is 0 Å². The zero-order valence-corrected chi connectivity index (χ0v) is 13.5. The molecule has 3 rings (SSSR count). The number of ether oxygens (including phenoxy) is 1. The van der Waals surface area contributed by atoms with E-state index >= 15 is 0 Å². The first-order valence-corrected chi connectivity index (χ1v) is 8.23. The van der Waals surface area contributed by atoms with Crippen molar-refractivity contribution in [3.63, 3.8) is 0 Å². The molecule has 1 atom stereocenters. The first kappa shape index (κ1) is 16.3. The summed E-state index contributed by atoms with van der Waals surface area (Å²) >= 11 is 6.77. The predicted octanol–water partition coefficient (Wildman–Crippen LogP) is 4.26. The minimum Gasteiger partial charge on any atom is -0.472 e. The van der Waals surface area contributed by atoms with Crippen molar-refractivity contribution in [3.05, 3.63) is 34.4 Å². The van der Waals surface area contributed by atoms with Crippen LogP contribution in [0, 0.1) is 0 Å². The summed E-state index contributed by atoms with van der Waals surface area (Å²) in [6, 6.07) is 3.35. The molecule has 2 aromatic heterocycles. The van der Waals surface area contributed by atoms with E-state index in [1.165, 1.54) is 6.20 Å². The fraction of sp³-hybridized carbons (Fsp3) is 0.429. The van der Waals surface area contributed by atoms with E-state index < -0.39 is 11.9 Å². The summed E-state index contributed by atoms with van der Waals surface area (Å²) in [4.78, 5) is 9.58. The number of anilines is 1. The maximum Gasteiger partial charge on any atom is 0.434 e. The Morgan fingerprint density at radius 3 is 2.83 bits per heavy atom. The van der Waals surface area contributed by atoms with Crippen LogP contribution in [0.3, 0.4) is 0 Å². The molecule has 0 bridgehead atoms. The molecule has 0 aliphatic carbocycles. The molecule has 0 N–H and O–H groups in total. The summed E-state index contributed by atoms with van der Waals surface area (Å²) in [6.45, 7) is 1.15. The van der Waals surface area contributed by atoms with Crippen LogP contribution in [-0.4, -0.2) is 29.2 Å². The highest BCUT2D eigenvalue weighted by Crippen LogP contribution is 2.34. The lowest BCUT2D eigenvalue weighted by Gasteiger charge is -2.32. The van der Waals surface area contributed by atoms with Crippen LogP contribution in [-0.2, 0) is 6.18 Å². The first-order valence-electron chi connectivity index (χ1n) is 6.98. The molecule has 23 heavy (non-hydrogen) atoms. The van der Waals surface area contributed by atoms with Crippen molar-refractivity contribution in [3.8, 4) is 5.88 Å². The summed E-state index contributed by atoms with van der Waals surface area (Å²) in [7, 11) is 0. The number of alkyl halides is 3. The molecule has 1 aliphatic heterocycles. The minimum absolute atomic E-state index is 0.143. The number of hydrogen-bond acceptors (Lipinski definition) is 5. The largest absolute Gasteiger partial charge is 0.472 e. The molecule has 1 aliphatic rings. The smallest absolute Gasteiger partial charge is 0.434 e. The second kappa shape index (κ2) is 6.52. The topological polar surface area (TPSA) is 38.2 Å². The van der Waals surface area contributed by atoms with Gasteiger partial charge in [-0.05, 0) is 18.9 Å². The number of rotatable bonds is 3. The van der Waals surface area contributed by atoms with Gasteiger partial charge in [0.2, 0.25) is 5.88 Å². The molecule has 4 nitrogen and oxygen atoms in total. The Morgan fingerprint density at radius 1 is 1.35 bits per heavy atom. The van der Waals surface area contributed by atoms with Crippen LogP contribution in [0.15, 0.2) is 23.7 Å². The van der Waals surface area contributed by atoms with Gasteiger partial charge in [-0.15, -0.1) is 11.3 Å². The van der Waals surface area contributed by atoms with Gasteiger partial charge >= 0.3 is 6.18 Å². The van der Waals surface area contributed by atoms with Gasteiger partial charge in [-0.25, -0.2) is 9.97 Å². The Balaban J connectivity index is 1.66. The number of nitrogens with zero attached hydrogens (tertiary/aromatic N) is 3. The van der Waals surface area contributed by atoms with E-state index in [0.29, 0.717) is 29.1 Å². The quantitative estimate of drug-likeness (QED) is 0.816. The van der Waals surface area contributed by atoms with Gasteiger partial charge < -0.3 is 9.64 Å². The Morgan fingerprint density at radius 2 is 2.17 bits per heavy atom. The summed E-state index contributed by atoms with van der Waals surface area (Å²) < 4.78 is 43.7. The maximum atomic E-state index is 12.6. The van der Waals surface area contributed by atoms with Crippen molar-refractivity contribution in [2.75, 3.05) is 18.0 Å². The third kappa shape index (κ3) is 4.06. The van der Waals surface area contributed by atoms with E-state index in [0.717, 1.165) is 29.6 Å². The zero-order chi connectivity index (χ0) is 16.4. The van der Waals surface area contributed by atoms with E-state index in [1.54, 1.807) is 12.1 Å². The van der Waals surface area contributed by atoms with Crippen LogP contribution < -0.4 is 9.64 Å². The van der Waals surface area contributed by atoms with Gasteiger partial charge in [0.1, 0.15) is 6.10 Å². The molecule has 1 fully saturated rings. The van der Waals surface area contributed by atoms with Gasteiger partial charge in [0.25, 0.3) is 0 Å². The lowest BCUT2D eigenvalue weighted by molar-refractivity contribution is -0.140. The van der Waals surface area contributed by atoms with Gasteiger partial charge in [0, 0.05) is 24.2 Å². The van der Waals surface area contributed by atoms with Gasteiger partial charge in [-0.2, -0.15) is 13.2 Å². The maximum absolute atomic E-state index is 12.6. The fourth-order valence-electron chi connectivity index (χ4n) is 2.35. The molecule has 0 amide bonds. The van der Waals surface area contributed by atoms with Crippen molar-refractivity contribution in [1.82, 2.24) is 9.97 Å². The highest BCUT2D eigenvalue weighted by molar-refractivity contribution is 7.13. The average molecular weight is 364 g/mol. The first-order chi connectivity index (χ1) is 10.9. The Bertz CT molecular complexity index is 662. The predicted molar refractivity (Wildman–Crippen MR) is 82.2 cm³/mol. The second-order valence-electron chi connectivity index (χ2n) is 5.16. The van der Waals surface area contributed by atoms with Crippen molar-refractivity contribution >= 4 is 28.1 Å². The Kier molecular flexibility index (Phi) is 4.63. The summed E-state index contributed by atoms with van der Waals surface area (Å²) in [5.41, 5.74) is -0.847. The van der Waals surface area contributed by atoms with E-state index in [4.69, 9.17) is 16.3 Å². The SMILES string of the molecule is FC(F)(F)c1csc(N2CCCC(Oc3ccc(Cl)cn3)C2)n1. The molecule has 0 saturated carbocycles. The van der Waals surface area contributed by atoms with Gasteiger partial charge in [0.15, 0.2) is 10.8 Å². The second-order valence-corrected chi connectivity index (χ2v) is 6.43. The summed E-state index contributed by atoms with van der Waals surface area (Å²) in [6.07, 6.45) is -1.42. The van der Waals surface area contributed by atoms with Crippen LogP contribution in [0.1, 0.15) is 18.5 Å². The fourth-order valence-corrected chi connectivity index (χ4v) is 3.33. The normalized spacial score (nSPS) is 19.0. The van der Waals surface area contributed by atoms with Crippen molar-refractivity contribution in [2.45, 2.75) is 25.1 Å². The van der Waals surface area contributed by atoms with Crippen LogP contribution in [0.4, 0.5) is 18.3 Å². The molecular weight excluding hydrogens is 351 g/mol. The molecule has 124 valence electrons. The highest BCUT2D eigenvalue weighted by atomic mass is 35.5. The molecule has 1 saturated heterocycles. The zero-order valence-electron chi connectivity index (χ0n) is 11.9. The number of halogens is 4. The molecule has 3 heterocycles. The molecule has 0 spiro atoms. The molecule has 2 aromatic rings. The number of hydrogen-bond donors (Lipinski definition) is 0. The van der Waals surface area contributed by atoms with Crippen LogP contribution in [0.5, 0.6) is 5.88 Å². The minimum atomic E-state index is -4.41. The van der Waals surface area contributed by atoms with Crippen LogP contribution >= 0.6 is 22.9 Å². The van der Waals surface area contributed by atoms with Crippen molar-refractivity contribution in [1.29, 1.82) is 0 Å². The molecule has 0 radical (unpaired) electrons. The standard InChI is InChI=1S/C14H13ClF3N3OS/c15-9-3-4-12(19-6-9)22-10-2-1-5-21(7-10)13-20-11(8-23-13)14(16,17)18/h3-4,6,8,10H,1-2,5,7H2.